The second-order valence-corrected chi connectivity index (χ2v) is 7.44. The Morgan fingerprint density at radius 1 is 0.857 bits per heavy atom. The average Bonchev–Trinajstić information content (AvgIpc) is 2.73. The summed E-state index contributed by atoms with van der Waals surface area (Å²) in [6.45, 7) is 1.78. The molecule has 1 aliphatic carbocycles. The molecule has 0 bridgehead atoms. The number of amides is 3. The summed E-state index contributed by atoms with van der Waals surface area (Å²) in [5.41, 5.74) is 2.14. The van der Waals surface area contributed by atoms with Gasteiger partial charge in [0, 0.05) is 6.04 Å². The Balaban J connectivity index is 1.62. The Kier molecular flexibility index (Phi) is 7.20. The van der Waals surface area contributed by atoms with Gasteiger partial charge >= 0.3 is 6.03 Å². The van der Waals surface area contributed by atoms with Crippen LogP contribution >= 0.6 is 0 Å². The third kappa shape index (κ3) is 5.67. The first-order valence-corrected chi connectivity index (χ1v) is 10.1. The number of hydrogen-bond acceptors (Lipinski definition) is 3. The van der Waals surface area contributed by atoms with Crippen LogP contribution in [0.3, 0.4) is 0 Å². The van der Waals surface area contributed by atoms with Crippen LogP contribution in [0.25, 0.3) is 0 Å². The van der Waals surface area contributed by atoms with Crippen LogP contribution in [-0.4, -0.2) is 24.0 Å². The molecule has 2 aromatic carbocycles. The van der Waals surface area contributed by atoms with Crippen LogP contribution in [0.1, 0.15) is 56.2 Å². The first kappa shape index (κ1) is 20.1. The van der Waals surface area contributed by atoms with E-state index in [0.717, 1.165) is 36.8 Å². The number of carbonyl (C=O) groups is 2. The molecule has 0 aromatic heterocycles. The number of carbonyl (C=O) groups excluding carboxylic acids is 2. The van der Waals surface area contributed by atoms with Gasteiger partial charge in [-0.2, -0.15) is 0 Å². The van der Waals surface area contributed by atoms with E-state index in [-0.39, 0.29) is 18.0 Å². The molecule has 0 heterocycles. The molecule has 5 heteroatoms. The third-order valence-electron chi connectivity index (χ3n) is 5.25. The zero-order valence-corrected chi connectivity index (χ0v) is 16.4. The van der Waals surface area contributed by atoms with E-state index in [0.29, 0.717) is 0 Å². The number of imide groups is 1. The number of nitrogens with one attached hydrogen (secondary N) is 3. The van der Waals surface area contributed by atoms with Gasteiger partial charge in [0.15, 0.2) is 0 Å². The fourth-order valence-electron chi connectivity index (χ4n) is 3.69. The molecule has 148 valence electrons. The molecule has 0 unspecified atom stereocenters. The molecule has 0 saturated heterocycles. The molecule has 1 saturated carbocycles. The molecule has 3 N–H and O–H groups in total. The van der Waals surface area contributed by atoms with Gasteiger partial charge in [0.05, 0.1) is 12.1 Å². The summed E-state index contributed by atoms with van der Waals surface area (Å²) in [6, 6.07) is 19.1. The predicted octanol–water partition coefficient (Wildman–Crippen LogP) is 3.91. The van der Waals surface area contributed by atoms with Crippen molar-refractivity contribution >= 4 is 11.9 Å². The highest BCUT2D eigenvalue weighted by molar-refractivity contribution is 5.96. The van der Waals surface area contributed by atoms with Crippen molar-refractivity contribution in [1.82, 2.24) is 16.0 Å². The number of rotatable bonds is 6. The molecule has 0 spiro atoms. The zero-order chi connectivity index (χ0) is 19.8. The molecule has 3 amide bonds. The zero-order valence-electron chi connectivity index (χ0n) is 16.4. The highest BCUT2D eigenvalue weighted by Gasteiger charge is 2.23. The minimum Gasteiger partial charge on any atom is -0.335 e. The minimum absolute atomic E-state index is 0.135. The van der Waals surface area contributed by atoms with E-state index >= 15 is 0 Å². The average molecular weight is 380 g/mol. The van der Waals surface area contributed by atoms with E-state index in [2.05, 4.69) is 16.0 Å². The van der Waals surface area contributed by atoms with Gasteiger partial charge < -0.3 is 5.32 Å². The maximum Gasteiger partial charge on any atom is 0.321 e. The van der Waals surface area contributed by atoms with Gasteiger partial charge in [-0.15, -0.1) is 0 Å². The van der Waals surface area contributed by atoms with E-state index in [1.54, 1.807) is 6.92 Å². The van der Waals surface area contributed by atoms with Crippen LogP contribution in [0.5, 0.6) is 0 Å². The van der Waals surface area contributed by atoms with E-state index in [9.17, 15) is 9.59 Å². The van der Waals surface area contributed by atoms with Crippen molar-refractivity contribution in [2.75, 3.05) is 0 Å². The first-order valence-electron chi connectivity index (χ1n) is 10.1. The van der Waals surface area contributed by atoms with Crippen LogP contribution in [-0.2, 0) is 4.79 Å². The van der Waals surface area contributed by atoms with Crippen molar-refractivity contribution in [3.05, 3.63) is 71.8 Å². The Morgan fingerprint density at radius 2 is 1.39 bits per heavy atom. The van der Waals surface area contributed by atoms with Gasteiger partial charge in [0.25, 0.3) is 0 Å². The summed E-state index contributed by atoms with van der Waals surface area (Å²) in [7, 11) is 0. The van der Waals surface area contributed by atoms with Crippen molar-refractivity contribution in [2.45, 2.75) is 57.2 Å². The highest BCUT2D eigenvalue weighted by atomic mass is 16.2. The summed E-state index contributed by atoms with van der Waals surface area (Å²) in [5.74, 6) is -0.329. The monoisotopic (exact) mass is 379 g/mol. The summed E-state index contributed by atoms with van der Waals surface area (Å²) in [5, 5.41) is 8.77. The van der Waals surface area contributed by atoms with Crippen LogP contribution < -0.4 is 16.0 Å². The second kappa shape index (κ2) is 10.0. The molecule has 1 aliphatic rings. The van der Waals surface area contributed by atoms with Gasteiger partial charge in [0.1, 0.15) is 0 Å². The lowest BCUT2D eigenvalue weighted by Crippen LogP contribution is -2.51. The van der Waals surface area contributed by atoms with Gasteiger partial charge in [-0.1, -0.05) is 79.9 Å². The summed E-state index contributed by atoms with van der Waals surface area (Å²) in [6.07, 6.45) is 5.46. The van der Waals surface area contributed by atoms with Crippen molar-refractivity contribution in [2.24, 2.45) is 0 Å². The topological polar surface area (TPSA) is 70.2 Å². The number of benzene rings is 2. The molecule has 1 atom stereocenters. The fraction of sp³-hybridized carbons (Fsp3) is 0.391. The maximum atomic E-state index is 12.6. The molecular formula is C23H29N3O2. The highest BCUT2D eigenvalue weighted by Crippen LogP contribution is 2.22. The number of hydrogen-bond donors (Lipinski definition) is 3. The fourth-order valence-corrected chi connectivity index (χ4v) is 3.69. The van der Waals surface area contributed by atoms with Crippen LogP contribution in [0.15, 0.2) is 60.7 Å². The molecule has 2 aromatic rings. The Bertz CT molecular complexity index is 718. The Labute approximate surface area is 166 Å². The molecule has 0 radical (unpaired) electrons. The van der Waals surface area contributed by atoms with E-state index in [1.807, 2.05) is 60.7 Å². The van der Waals surface area contributed by atoms with Crippen LogP contribution in [0.4, 0.5) is 4.79 Å². The molecule has 28 heavy (non-hydrogen) atoms. The third-order valence-corrected chi connectivity index (χ3v) is 5.25. The standard InChI is InChI=1S/C23H29N3O2/c1-17(22(27)26-23(28)25-20-15-9-4-10-16-20)24-21(18-11-5-2-6-12-18)19-13-7-3-8-14-19/h2-3,5-8,11-14,17,20-21,24H,4,9-10,15-16H2,1H3,(H2,25,26,27,28)/t17-/m1/s1. The van der Waals surface area contributed by atoms with Crippen molar-refractivity contribution in [3.63, 3.8) is 0 Å². The van der Waals surface area contributed by atoms with E-state index in [1.165, 1.54) is 6.42 Å². The lowest BCUT2D eigenvalue weighted by atomic mass is 9.96. The van der Waals surface area contributed by atoms with Gasteiger partial charge in [-0.3, -0.25) is 15.4 Å². The first-order chi connectivity index (χ1) is 13.6. The summed E-state index contributed by atoms with van der Waals surface area (Å²) < 4.78 is 0. The normalized spacial score (nSPS) is 15.8. The van der Waals surface area contributed by atoms with Crippen molar-refractivity contribution < 1.29 is 9.59 Å². The van der Waals surface area contributed by atoms with Crippen LogP contribution in [0, 0.1) is 0 Å². The molecule has 3 rings (SSSR count). The molecule has 0 aliphatic heterocycles. The van der Waals surface area contributed by atoms with Crippen LogP contribution in [0.2, 0.25) is 0 Å². The Morgan fingerprint density at radius 3 is 1.93 bits per heavy atom. The minimum atomic E-state index is -0.525. The Hall–Kier alpha value is -2.66. The molecule has 1 fully saturated rings. The maximum absolute atomic E-state index is 12.6. The van der Waals surface area contributed by atoms with Gasteiger partial charge in [0.2, 0.25) is 5.91 Å². The van der Waals surface area contributed by atoms with E-state index < -0.39 is 12.1 Å². The van der Waals surface area contributed by atoms with Crippen molar-refractivity contribution in [1.29, 1.82) is 0 Å². The summed E-state index contributed by atoms with van der Waals surface area (Å²) in [4.78, 5) is 24.7. The molecular weight excluding hydrogens is 350 g/mol. The predicted molar refractivity (Wildman–Crippen MR) is 111 cm³/mol. The number of urea groups is 1. The molecule has 5 nitrogen and oxygen atoms in total. The lowest BCUT2D eigenvalue weighted by Gasteiger charge is -2.25. The summed E-state index contributed by atoms with van der Waals surface area (Å²) >= 11 is 0. The second-order valence-electron chi connectivity index (χ2n) is 7.44. The van der Waals surface area contributed by atoms with Gasteiger partial charge in [-0.25, -0.2) is 4.79 Å². The van der Waals surface area contributed by atoms with Gasteiger partial charge in [-0.05, 0) is 30.9 Å². The largest absolute Gasteiger partial charge is 0.335 e. The van der Waals surface area contributed by atoms with Crippen molar-refractivity contribution in [3.8, 4) is 0 Å². The quantitative estimate of drug-likeness (QED) is 0.713. The lowest BCUT2D eigenvalue weighted by molar-refractivity contribution is -0.121. The SMILES string of the molecule is C[C@@H](NC(c1ccccc1)c1ccccc1)C(=O)NC(=O)NC1CCCCC1. The van der Waals surface area contributed by atoms with E-state index in [4.69, 9.17) is 0 Å². The smallest absolute Gasteiger partial charge is 0.321 e.